The lowest BCUT2D eigenvalue weighted by atomic mass is 10.1. The molecule has 1 aromatic heterocycles. The molecule has 3 amide bonds. The van der Waals surface area contributed by atoms with Crippen molar-refractivity contribution in [2.75, 3.05) is 21.3 Å². The lowest BCUT2D eigenvalue weighted by Gasteiger charge is -2.14. The van der Waals surface area contributed by atoms with E-state index in [1.807, 2.05) is 37.3 Å². The number of aryl methyl sites for hydroxylation is 1. The van der Waals surface area contributed by atoms with E-state index in [0.29, 0.717) is 28.3 Å². The molecule has 0 unspecified atom stereocenters. The summed E-state index contributed by atoms with van der Waals surface area (Å²) < 4.78 is 39.4. The van der Waals surface area contributed by atoms with Crippen LogP contribution in [0, 0.1) is 6.92 Å². The predicted molar refractivity (Wildman–Crippen MR) is 147 cm³/mol. The molecule has 39 heavy (non-hydrogen) atoms. The van der Waals surface area contributed by atoms with Gasteiger partial charge in [0, 0.05) is 40.2 Å². The SMILES string of the molecule is Cc1ccc(NC(=O)Nc2ccc(Cl)c(C(F)(F)F)c2)cc1Nc1ccc2c(c1)NC(=O)/C2=C\c1ccc[nH]1. The van der Waals surface area contributed by atoms with E-state index < -0.39 is 22.8 Å². The first kappa shape index (κ1) is 25.9. The number of carbonyl (C=O) groups is 2. The standard InChI is InChI=1S/C28H21ClF3N5O2/c1-15-4-5-19(36-27(39)35-17-7-9-23(29)22(12-17)28(30,31)32)13-24(15)34-18-6-8-20-21(11-16-3-2-10-33-16)26(38)37-25(20)14-18/h2-14,33-34H,1H3,(H,37,38)(H2,35,36,39)/b21-11-. The van der Waals surface area contributed by atoms with Crippen LogP contribution in [0.5, 0.6) is 0 Å². The van der Waals surface area contributed by atoms with Crippen LogP contribution in [-0.4, -0.2) is 16.9 Å². The number of aromatic nitrogens is 1. The smallest absolute Gasteiger partial charge is 0.362 e. The van der Waals surface area contributed by atoms with Crippen LogP contribution < -0.4 is 21.3 Å². The maximum atomic E-state index is 13.1. The van der Waals surface area contributed by atoms with E-state index in [1.54, 1.807) is 30.5 Å². The molecule has 0 bridgehead atoms. The Morgan fingerprint density at radius 1 is 0.949 bits per heavy atom. The van der Waals surface area contributed by atoms with Gasteiger partial charge in [0.1, 0.15) is 0 Å². The maximum Gasteiger partial charge on any atom is 0.417 e. The molecule has 1 aliphatic rings. The molecule has 0 saturated carbocycles. The maximum absolute atomic E-state index is 13.1. The number of nitrogens with one attached hydrogen (secondary N) is 5. The summed E-state index contributed by atoms with van der Waals surface area (Å²) in [5.74, 6) is -0.201. The minimum Gasteiger partial charge on any atom is -0.362 e. The molecule has 0 saturated heterocycles. The molecule has 1 aliphatic heterocycles. The third-order valence-electron chi connectivity index (χ3n) is 6.03. The first-order valence-electron chi connectivity index (χ1n) is 11.7. The molecule has 198 valence electrons. The largest absolute Gasteiger partial charge is 0.417 e. The van der Waals surface area contributed by atoms with Gasteiger partial charge in [-0.05, 0) is 73.2 Å². The Kier molecular flexibility index (Phi) is 6.80. The monoisotopic (exact) mass is 551 g/mol. The van der Waals surface area contributed by atoms with E-state index in [2.05, 4.69) is 26.3 Å². The fourth-order valence-corrected chi connectivity index (χ4v) is 4.33. The van der Waals surface area contributed by atoms with Gasteiger partial charge in [-0.1, -0.05) is 23.7 Å². The molecule has 7 nitrogen and oxygen atoms in total. The molecule has 0 spiro atoms. The topological polar surface area (TPSA) is 98.0 Å². The Balaban J connectivity index is 1.30. The van der Waals surface area contributed by atoms with Crippen LogP contribution in [0.3, 0.4) is 0 Å². The van der Waals surface area contributed by atoms with Gasteiger partial charge in [-0.3, -0.25) is 4.79 Å². The number of hydrogen-bond acceptors (Lipinski definition) is 3. The number of rotatable bonds is 5. The molecule has 11 heteroatoms. The summed E-state index contributed by atoms with van der Waals surface area (Å²) in [6.45, 7) is 1.88. The number of fused-ring (bicyclic) bond motifs is 1. The number of urea groups is 1. The van der Waals surface area contributed by atoms with Gasteiger partial charge in [0.2, 0.25) is 0 Å². The highest BCUT2D eigenvalue weighted by Gasteiger charge is 2.33. The fraction of sp³-hybridized carbons (Fsp3) is 0.0714. The van der Waals surface area contributed by atoms with E-state index in [4.69, 9.17) is 11.6 Å². The Morgan fingerprint density at radius 3 is 2.38 bits per heavy atom. The number of halogens is 4. The summed E-state index contributed by atoms with van der Waals surface area (Å²) in [6.07, 6.45) is -1.08. The van der Waals surface area contributed by atoms with Crippen LogP contribution in [-0.2, 0) is 11.0 Å². The summed E-state index contributed by atoms with van der Waals surface area (Å²) in [7, 11) is 0. The zero-order valence-corrected chi connectivity index (χ0v) is 21.1. The molecule has 4 aromatic rings. The van der Waals surface area contributed by atoms with Gasteiger partial charge in [0.15, 0.2) is 0 Å². The second-order valence-corrected chi connectivity index (χ2v) is 9.23. The molecule has 2 heterocycles. The van der Waals surface area contributed by atoms with Crippen LogP contribution >= 0.6 is 11.6 Å². The summed E-state index contributed by atoms with van der Waals surface area (Å²) in [5.41, 5.74) is 4.40. The number of carbonyl (C=O) groups excluding carboxylic acids is 2. The molecule has 3 aromatic carbocycles. The average Bonchev–Trinajstić information content (AvgIpc) is 3.49. The van der Waals surface area contributed by atoms with Gasteiger partial charge >= 0.3 is 12.2 Å². The molecule has 5 N–H and O–H groups in total. The fourth-order valence-electron chi connectivity index (χ4n) is 4.11. The van der Waals surface area contributed by atoms with Crippen molar-refractivity contribution in [1.29, 1.82) is 0 Å². The lowest BCUT2D eigenvalue weighted by Crippen LogP contribution is -2.20. The number of benzene rings is 3. The first-order valence-corrected chi connectivity index (χ1v) is 12.1. The minimum absolute atomic E-state index is 0.0560. The number of H-pyrrole nitrogens is 1. The third-order valence-corrected chi connectivity index (χ3v) is 6.36. The second kappa shape index (κ2) is 10.2. The van der Waals surface area contributed by atoms with Crippen molar-refractivity contribution >= 4 is 63.6 Å². The van der Waals surface area contributed by atoms with Gasteiger partial charge in [-0.15, -0.1) is 0 Å². The van der Waals surface area contributed by atoms with Crippen LogP contribution in [0.15, 0.2) is 72.9 Å². The van der Waals surface area contributed by atoms with Gasteiger partial charge in [-0.25, -0.2) is 4.79 Å². The van der Waals surface area contributed by atoms with E-state index in [9.17, 15) is 22.8 Å². The zero-order chi connectivity index (χ0) is 27.7. The van der Waals surface area contributed by atoms with Gasteiger partial charge in [0.05, 0.1) is 21.8 Å². The van der Waals surface area contributed by atoms with Gasteiger partial charge in [-0.2, -0.15) is 13.2 Å². The van der Waals surface area contributed by atoms with Crippen molar-refractivity contribution in [2.24, 2.45) is 0 Å². The van der Waals surface area contributed by atoms with E-state index in [0.717, 1.165) is 29.0 Å². The molecule has 5 rings (SSSR count). The number of aromatic amines is 1. The Labute approximate surface area is 226 Å². The average molecular weight is 552 g/mol. The summed E-state index contributed by atoms with van der Waals surface area (Å²) in [6, 6.07) is 16.8. The predicted octanol–water partition coefficient (Wildman–Crippen LogP) is 7.88. The highest BCUT2D eigenvalue weighted by Crippen LogP contribution is 2.37. The number of anilines is 5. The van der Waals surface area contributed by atoms with Crippen LogP contribution in [0.25, 0.3) is 11.6 Å². The lowest BCUT2D eigenvalue weighted by molar-refractivity contribution is -0.137. The quantitative estimate of drug-likeness (QED) is 0.163. The molecule has 0 radical (unpaired) electrons. The van der Waals surface area contributed by atoms with Crippen LogP contribution in [0.4, 0.5) is 46.4 Å². The van der Waals surface area contributed by atoms with Crippen molar-refractivity contribution in [3.05, 3.63) is 100 Å². The number of hydrogen-bond donors (Lipinski definition) is 5. The highest BCUT2D eigenvalue weighted by atomic mass is 35.5. The summed E-state index contributed by atoms with van der Waals surface area (Å²) in [5, 5.41) is 10.7. The highest BCUT2D eigenvalue weighted by molar-refractivity contribution is 6.35. The number of amides is 3. The molecular formula is C28H21ClF3N5O2. The minimum atomic E-state index is -4.65. The summed E-state index contributed by atoms with van der Waals surface area (Å²) in [4.78, 5) is 28.1. The third kappa shape index (κ3) is 5.75. The van der Waals surface area contributed by atoms with E-state index >= 15 is 0 Å². The van der Waals surface area contributed by atoms with Gasteiger partial charge in [0.25, 0.3) is 5.91 Å². The van der Waals surface area contributed by atoms with E-state index in [1.165, 1.54) is 6.07 Å². The Bertz CT molecular complexity index is 1610. The molecule has 0 fully saturated rings. The van der Waals surface area contributed by atoms with Crippen LogP contribution in [0.1, 0.15) is 22.4 Å². The van der Waals surface area contributed by atoms with Crippen molar-refractivity contribution in [3.63, 3.8) is 0 Å². The zero-order valence-electron chi connectivity index (χ0n) is 20.3. The van der Waals surface area contributed by atoms with Crippen molar-refractivity contribution < 1.29 is 22.8 Å². The summed E-state index contributed by atoms with van der Waals surface area (Å²) >= 11 is 5.64. The first-order chi connectivity index (χ1) is 18.6. The van der Waals surface area contributed by atoms with Gasteiger partial charge < -0.3 is 26.3 Å². The van der Waals surface area contributed by atoms with Crippen molar-refractivity contribution in [3.8, 4) is 0 Å². The second-order valence-electron chi connectivity index (χ2n) is 8.82. The van der Waals surface area contributed by atoms with Crippen molar-refractivity contribution in [2.45, 2.75) is 13.1 Å². The van der Waals surface area contributed by atoms with Crippen molar-refractivity contribution in [1.82, 2.24) is 4.98 Å². The number of alkyl halides is 3. The molecule has 0 aliphatic carbocycles. The Morgan fingerprint density at radius 2 is 1.67 bits per heavy atom. The normalized spacial score (nSPS) is 13.7. The molecule has 0 atom stereocenters. The van der Waals surface area contributed by atoms with Crippen LogP contribution in [0.2, 0.25) is 5.02 Å². The Hall–Kier alpha value is -4.70. The van der Waals surface area contributed by atoms with E-state index in [-0.39, 0.29) is 11.6 Å². The molecular weight excluding hydrogens is 531 g/mol.